The van der Waals surface area contributed by atoms with Gasteiger partial charge in [0, 0.05) is 36.3 Å². The van der Waals surface area contributed by atoms with Gasteiger partial charge in [-0.1, -0.05) is 37.5 Å². The number of halogens is 1. The minimum absolute atomic E-state index is 0.0121. The zero-order valence-corrected chi connectivity index (χ0v) is 18.7. The molecule has 2 aromatic carbocycles. The Morgan fingerprint density at radius 1 is 0.758 bits per heavy atom. The summed E-state index contributed by atoms with van der Waals surface area (Å²) in [4.78, 5) is 40.3. The van der Waals surface area contributed by atoms with E-state index < -0.39 is 5.82 Å². The fourth-order valence-corrected chi connectivity index (χ4v) is 4.64. The standard InChI is InChI=1S/C26H30FN3O3/c27-19-12-10-18(11-13-19)24(31)22-8-4-5-9-23(22)25(32)28-21-14-16-30(17-15-21)26(33)29-20-6-2-1-3-7-20/h4-5,8-13,20-21H,1-3,6-7,14-17H2,(H,28,32)(H,29,33). The van der Waals surface area contributed by atoms with Gasteiger partial charge in [0.15, 0.2) is 5.78 Å². The Morgan fingerprint density at radius 3 is 2.03 bits per heavy atom. The molecule has 7 heteroatoms. The van der Waals surface area contributed by atoms with Crippen molar-refractivity contribution in [2.45, 2.75) is 57.0 Å². The van der Waals surface area contributed by atoms with E-state index in [-0.39, 0.29) is 35.4 Å². The highest BCUT2D eigenvalue weighted by molar-refractivity contribution is 6.15. The van der Waals surface area contributed by atoms with Crippen molar-refractivity contribution >= 4 is 17.7 Å². The molecule has 1 saturated heterocycles. The number of hydrogen-bond acceptors (Lipinski definition) is 3. The third-order valence-electron chi connectivity index (χ3n) is 6.57. The summed E-state index contributed by atoms with van der Waals surface area (Å²) in [6.45, 7) is 1.17. The maximum atomic E-state index is 13.2. The molecule has 2 N–H and O–H groups in total. The number of benzene rings is 2. The predicted octanol–water partition coefficient (Wildman–Crippen LogP) is 4.29. The number of piperidine rings is 1. The highest BCUT2D eigenvalue weighted by atomic mass is 19.1. The summed E-state index contributed by atoms with van der Waals surface area (Å²) in [6.07, 6.45) is 7.02. The first-order valence-corrected chi connectivity index (χ1v) is 11.8. The van der Waals surface area contributed by atoms with E-state index in [1.807, 2.05) is 4.90 Å². The second kappa shape index (κ2) is 10.6. The number of nitrogens with one attached hydrogen (secondary N) is 2. The predicted molar refractivity (Wildman–Crippen MR) is 124 cm³/mol. The Balaban J connectivity index is 1.33. The molecular weight excluding hydrogens is 421 g/mol. The normalized spacial score (nSPS) is 17.4. The fraction of sp³-hybridized carbons (Fsp3) is 0.423. The minimum Gasteiger partial charge on any atom is -0.349 e. The lowest BCUT2D eigenvalue weighted by atomic mass is 9.95. The molecule has 1 heterocycles. The molecule has 1 aliphatic carbocycles. The van der Waals surface area contributed by atoms with Crippen LogP contribution in [0.1, 0.15) is 71.2 Å². The van der Waals surface area contributed by atoms with Gasteiger partial charge < -0.3 is 15.5 Å². The molecule has 33 heavy (non-hydrogen) atoms. The van der Waals surface area contributed by atoms with Gasteiger partial charge in [-0.25, -0.2) is 9.18 Å². The lowest BCUT2D eigenvalue weighted by molar-refractivity contribution is 0.0908. The monoisotopic (exact) mass is 451 g/mol. The molecule has 3 amide bonds. The molecule has 0 radical (unpaired) electrons. The number of carbonyl (C=O) groups is 3. The Hall–Kier alpha value is -3.22. The van der Waals surface area contributed by atoms with Gasteiger partial charge in [0.1, 0.15) is 5.82 Å². The number of carbonyl (C=O) groups excluding carboxylic acids is 3. The van der Waals surface area contributed by atoms with Crippen LogP contribution in [0.15, 0.2) is 48.5 Å². The van der Waals surface area contributed by atoms with Gasteiger partial charge in [-0.3, -0.25) is 9.59 Å². The summed E-state index contributed by atoms with van der Waals surface area (Å²) in [7, 11) is 0. The van der Waals surface area contributed by atoms with Crippen LogP contribution in [0.2, 0.25) is 0 Å². The van der Waals surface area contributed by atoms with Crippen molar-refractivity contribution in [1.29, 1.82) is 0 Å². The lowest BCUT2D eigenvalue weighted by Crippen LogP contribution is -2.51. The highest BCUT2D eigenvalue weighted by Crippen LogP contribution is 2.19. The van der Waals surface area contributed by atoms with Crippen molar-refractivity contribution in [3.05, 3.63) is 71.0 Å². The summed E-state index contributed by atoms with van der Waals surface area (Å²) in [6, 6.07) is 12.2. The second-order valence-electron chi connectivity index (χ2n) is 8.90. The van der Waals surface area contributed by atoms with Gasteiger partial charge in [-0.2, -0.15) is 0 Å². The Bertz CT molecular complexity index is 994. The van der Waals surface area contributed by atoms with Crippen LogP contribution < -0.4 is 10.6 Å². The van der Waals surface area contributed by atoms with Gasteiger partial charge in [0.25, 0.3) is 5.91 Å². The maximum absolute atomic E-state index is 13.2. The number of rotatable bonds is 5. The summed E-state index contributed by atoms with van der Waals surface area (Å²) in [5.41, 5.74) is 0.907. The van der Waals surface area contributed by atoms with E-state index in [0.717, 1.165) is 12.8 Å². The fourth-order valence-electron chi connectivity index (χ4n) is 4.64. The molecule has 174 valence electrons. The number of nitrogens with zero attached hydrogens (tertiary/aromatic N) is 1. The van der Waals surface area contributed by atoms with Gasteiger partial charge in [0.05, 0.1) is 5.56 Å². The number of amides is 3. The Kier molecular flexibility index (Phi) is 7.37. The van der Waals surface area contributed by atoms with Gasteiger partial charge in [-0.05, 0) is 56.0 Å². The van der Waals surface area contributed by atoms with E-state index in [0.29, 0.717) is 37.1 Å². The third-order valence-corrected chi connectivity index (χ3v) is 6.57. The molecule has 1 aliphatic heterocycles. The highest BCUT2D eigenvalue weighted by Gasteiger charge is 2.27. The summed E-state index contributed by atoms with van der Waals surface area (Å²) < 4.78 is 13.2. The topological polar surface area (TPSA) is 78.5 Å². The molecule has 1 saturated carbocycles. The molecule has 6 nitrogen and oxygen atoms in total. The molecule has 0 spiro atoms. The van der Waals surface area contributed by atoms with E-state index in [4.69, 9.17) is 0 Å². The maximum Gasteiger partial charge on any atom is 0.317 e. The van der Waals surface area contributed by atoms with Crippen LogP contribution in [-0.4, -0.2) is 47.8 Å². The average Bonchev–Trinajstić information content (AvgIpc) is 2.85. The first-order chi connectivity index (χ1) is 16.0. The molecule has 0 atom stereocenters. The van der Waals surface area contributed by atoms with Crippen LogP contribution in [0.4, 0.5) is 9.18 Å². The van der Waals surface area contributed by atoms with Crippen LogP contribution in [0.3, 0.4) is 0 Å². The summed E-state index contributed by atoms with van der Waals surface area (Å²) >= 11 is 0. The third kappa shape index (κ3) is 5.78. The largest absolute Gasteiger partial charge is 0.349 e. The zero-order valence-electron chi connectivity index (χ0n) is 18.7. The van der Waals surface area contributed by atoms with Crippen LogP contribution >= 0.6 is 0 Å². The lowest BCUT2D eigenvalue weighted by Gasteiger charge is -2.34. The number of urea groups is 1. The van der Waals surface area contributed by atoms with Crippen molar-refractivity contribution < 1.29 is 18.8 Å². The number of ketones is 1. The van der Waals surface area contributed by atoms with Gasteiger partial charge in [0.2, 0.25) is 0 Å². The molecular formula is C26H30FN3O3. The van der Waals surface area contributed by atoms with E-state index in [1.165, 1.54) is 43.5 Å². The second-order valence-corrected chi connectivity index (χ2v) is 8.90. The van der Waals surface area contributed by atoms with E-state index in [1.54, 1.807) is 24.3 Å². The molecule has 2 aliphatic rings. The quantitative estimate of drug-likeness (QED) is 0.666. The first-order valence-electron chi connectivity index (χ1n) is 11.8. The minimum atomic E-state index is -0.420. The smallest absolute Gasteiger partial charge is 0.317 e. The van der Waals surface area contributed by atoms with E-state index in [9.17, 15) is 18.8 Å². The van der Waals surface area contributed by atoms with Crippen LogP contribution in [0.5, 0.6) is 0 Å². The molecule has 0 bridgehead atoms. The average molecular weight is 452 g/mol. The summed E-state index contributed by atoms with van der Waals surface area (Å²) in [5.74, 6) is -1.06. The Labute approximate surface area is 193 Å². The first kappa shape index (κ1) is 23.0. The van der Waals surface area contributed by atoms with Crippen molar-refractivity contribution in [2.75, 3.05) is 13.1 Å². The SMILES string of the molecule is O=C(NC1CCN(C(=O)NC2CCCCC2)CC1)c1ccccc1C(=O)c1ccc(F)cc1. The number of hydrogen-bond donors (Lipinski definition) is 2. The van der Waals surface area contributed by atoms with Crippen LogP contribution in [-0.2, 0) is 0 Å². The zero-order chi connectivity index (χ0) is 23.2. The van der Waals surface area contributed by atoms with Crippen LogP contribution in [0.25, 0.3) is 0 Å². The molecule has 0 aromatic heterocycles. The molecule has 0 unspecified atom stereocenters. The Morgan fingerprint density at radius 2 is 1.36 bits per heavy atom. The van der Waals surface area contributed by atoms with E-state index in [2.05, 4.69) is 10.6 Å². The summed E-state index contributed by atoms with van der Waals surface area (Å²) in [5, 5.41) is 6.17. The van der Waals surface area contributed by atoms with Gasteiger partial charge in [-0.15, -0.1) is 0 Å². The van der Waals surface area contributed by atoms with Crippen LogP contribution in [0, 0.1) is 5.82 Å². The molecule has 2 fully saturated rings. The van der Waals surface area contributed by atoms with E-state index >= 15 is 0 Å². The molecule has 4 rings (SSSR count). The van der Waals surface area contributed by atoms with Gasteiger partial charge >= 0.3 is 6.03 Å². The number of likely N-dealkylation sites (tertiary alicyclic amines) is 1. The van der Waals surface area contributed by atoms with Crippen molar-refractivity contribution in [3.8, 4) is 0 Å². The van der Waals surface area contributed by atoms with Crippen molar-refractivity contribution in [3.63, 3.8) is 0 Å². The van der Waals surface area contributed by atoms with Crippen molar-refractivity contribution in [2.24, 2.45) is 0 Å². The molecule has 2 aromatic rings. The van der Waals surface area contributed by atoms with Crippen molar-refractivity contribution in [1.82, 2.24) is 15.5 Å².